The zero-order valence-electron chi connectivity index (χ0n) is 5.83. The van der Waals surface area contributed by atoms with Gasteiger partial charge in [-0.2, -0.15) is 0 Å². The molecule has 2 N–H and O–H groups in total. The van der Waals surface area contributed by atoms with E-state index in [0.717, 1.165) is 0 Å². The molecule has 0 aliphatic rings. The summed E-state index contributed by atoms with van der Waals surface area (Å²) in [5.41, 5.74) is 0. The predicted octanol–water partition coefficient (Wildman–Crippen LogP) is -8.07. The van der Waals surface area contributed by atoms with Crippen molar-refractivity contribution in [3.63, 3.8) is 0 Å². The molecule has 0 saturated carbocycles. The molecule has 56 valence electrons. The minimum absolute atomic E-state index is 0. The largest absolute Gasteiger partial charge is 1.00 e. The third kappa shape index (κ3) is 18.4. The van der Waals surface area contributed by atoms with Gasteiger partial charge in [-0.25, -0.2) is 4.57 Å². The maximum Gasteiger partial charge on any atom is 1.00 e. The van der Waals surface area contributed by atoms with Gasteiger partial charge in [0.1, 0.15) is 0 Å². The van der Waals surface area contributed by atoms with E-state index in [0.29, 0.717) is 0 Å². The van der Waals surface area contributed by atoms with E-state index in [9.17, 15) is 18.9 Å². The van der Waals surface area contributed by atoms with Gasteiger partial charge in [-0.1, -0.05) is 0 Å². The number of hydrogen-bond acceptors (Lipinski definition) is 5. The van der Waals surface area contributed by atoms with Crippen LogP contribution in [0.25, 0.3) is 0 Å². The summed E-state index contributed by atoms with van der Waals surface area (Å²) in [6, 6.07) is 0. The van der Waals surface area contributed by atoms with Crippen LogP contribution in [0.1, 0.15) is 0 Å². The minimum atomic E-state index is -5.55. The van der Waals surface area contributed by atoms with Gasteiger partial charge in [0.15, 0.2) is 0 Å². The molecule has 0 saturated heterocycles. The molecule has 11 heteroatoms. The average molecular weight is 190 g/mol. The molecule has 0 aromatic heterocycles. The van der Waals surface area contributed by atoms with Crippen molar-refractivity contribution in [3.8, 4) is 0 Å². The van der Waals surface area contributed by atoms with Crippen LogP contribution in [-0.4, -0.2) is 9.79 Å². The summed E-state index contributed by atoms with van der Waals surface area (Å²) >= 11 is 0. The first-order valence-electron chi connectivity index (χ1n) is 1.50. The molecule has 0 bridgehead atoms. The Labute approximate surface area is 86.4 Å². The summed E-state index contributed by atoms with van der Waals surface area (Å²) in [5.74, 6) is 0. The number of phosphoric acid groups is 2. The topological polar surface area (TPSA) is 130 Å². The summed E-state index contributed by atoms with van der Waals surface area (Å²) in [4.78, 5) is 34.1. The fraction of sp³-hybridized carbons (Fsp3) is 0. The molecule has 0 aliphatic carbocycles. The van der Waals surface area contributed by atoms with Crippen LogP contribution in [-0.2, 0) is 13.4 Å². The Balaban J connectivity index is -0.000000320. The van der Waals surface area contributed by atoms with Gasteiger partial charge in [0, 0.05) is 0 Å². The van der Waals surface area contributed by atoms with Crippen molar-refractivity contribution >= 4 is 15.6 Å². The molecule has 0 heterocycles. The van der Waals surface area contributed by atoms with Crippen LogP contribution in [0.2, 0.25) is 0 Å². The van der Waals surface area contributed by atoms with E-state index in [1.807, 2.05) is 0 Å². The SMILES string of the molecule is O=P([O-])([O-])OP(=O)(O)O.[Li+].[Li+]. The first-order chi connectivity index (χ1) is 3.71. The second kappa shape index (κ2) is 5.99. The molecular formula is H2Li2O7P2. The second-order valence-corrected chi connectivity index (χ2v) is 3.55. The van der Waals surface area contributed by atoms with Gasteiger partial charge < -0.3 is 24.1 Å². The first-order valence-corrected chi connectivity index (χ1v) is 4.49. The van der Waals surface area contributed by atoms with Crippen LogP contribution < -0.4 is 47.5 Å². The van der Waals surface area contributed by atoms with Crippen LogP contribution in [0.3, 0.4) is 0 Å². The van der Waals surface area contributed by atoms with Gasteiger partial charge in [0.25, 0.3) is 0 Å². The molecule has 7 nitrogen and oxygen atoms in total. The molecule has 0 aliphatic heterocycles. The van der Waals surface area contributed by atoms with Crippen molar-refractivity contribution in [3.05, 3.63) is 0 Å². The smallest absolute Gasteiger partial charge is 0.789 e. The Kier molecular flexibility index (Phi) is 9.96. The normalized spacial score (nSPS) is 11.3. The minimum Gasteiger partial charge on any atom is -0.789 e. The number of rotatable bonds is 2. The Morgan fingerprint density at radius 3 is 1.36 bits per heavy atom. The van der Waals surface area contributed by atoms with Gasteiger partial charge in [-0.15, -0.1) is 0 Å². The van der Waals surface area contributed by atoms with E-state index in [-0.39, 0.29) is 37.7 Å². The van der Waals surface area contributed by atoms with E-state index >= 15 is 0 Å². The van der Waals surface area contributed by atoms with E-state index < -0.39 is 15.6 Å². The van der Waals surface area contributed by atoms with Gasteiger partial charge in [0.05, 0.1) is 7.82 Å². The summed E-state index contributed by atoms with van der Waals surface area (Å²) in [6.07, 6.45) is 0. The van der Waals surface area contributed by atoms with E-state index in [4.69, 9.17) is 9.79 Å². The Hall–Kier alpha value is 1.45. The molecule has 0 unspecified atom stereocenters. The fourth-order valence-electron chi connectivity index (χ4n) is 0.130. The molecule has 11 heavy (non-hydrogen) atoms. The first kappa shape index (κ1) is 18.3. The van der Waals surface area contributed by atoms with Gasteiger partial charge in [0.2, 0.25) is 0 Å². The van der Waals surface area contributed by atoms with E-state index in [1.165, 1.54) is 0 Å². The van der Waals surface area contributed by atoms with Crippen LogP contribution in [0, 0.1) is 0 Å². The molecule has 0 aromatic carbocycles. The standard InChI is InChI=1S/2Li.H4O7P2/c;;1-8(2,3)7-9(4,5)6/h;;(H2,1,2,3)(H2,4,5,6)/q2*+1;/p-2. The van der Waals surface area contributed by atoms with Crippen LogP contribution in [0.4, 0.5) is 0 Å². The zero-order chi connectivity index (χ0) is 7.71. The monoisotopic (exact) mass is 190 g/mol. The molecular weight excluding hydrogens is 188 g/mol. The van der Waals surface area contributed by atoms with Crippen molar-refractivity contribution in [1.29, 1.82) is 0 Å². The Morgan fingerprint density at radius 1 is 1.09 bits per heavy atom. The molecule has 0 radical (unpaired) electrons. The molecule has 0 atom stereocenters. The molecule has 0 fully saturated rings. The van der Waals surface area contributed by atoms with Crippen molar-refractivity contribution < 1.29 is 70.7 Å². The van der Waals surface area contributed by atoms with Crippen LogP contribution in [0.15, 0.2) is 0 Å². The third-order valence-corrected chi connectivity index (χ3v) is 1.86. The summed E-state index contributed by atoms with van der Waals surface area (Å²) in [5, 5.41) is 0. The van der Waals surface area contributed by atoms with Gasteiger partial charge in [-0.3, -0.25) is 4.31 Å². The summed E-state index contributed by atoms with van der Waals surface area (Å²) < 4.78 is 21.7. The summed E-state index contributed by atoms with van der Waals surface area (Å²) in [7, 11) is -10.7. The van der Waals surface area contributed by atoms with Crippen LogP contribution in [0.5, 0.6) is 0 Å². The van der Waals surface area contributed by atoms with Crippen molar-refractivity contribution in [2.24, 2.45) is 0 Å². The maximum absolute atomic E-state index is 9.55. The van der Waals surface area contributed by atoms with Gasteiger partial charge >= 0.3 is 45.5 Å². The molecule has 0 rings (SSSR count). The van der Waals surface area contributed by atoms with E-state index in [2.05, 4.69) is 4.31 Å². The Bertz CT molecular complexity index is 155. The molecule has 0 amide bonds. The van der Waals surface area contributed by atoms with Crippen LogP contribution >= 0.6 is 15.6 Å². The molecule has 0 spiro atoms. The van der Waals surface area contributed by atoms with Crippen molar-refractivity contribution in [2.75, 3.05) is 0 Å². The van der Waals surface area contributed by atoms with Crippen molar-refractivity contribution in [2.45, 2.75) is 0 Å². The average Bonchev–Trinajstić information content (AvgIpc) is 1.14. The fourth-order valence-corrected chi connectivity index (χ4v) is 1.17. The maximum atomic E-state index is 9.55. The number of hydrogen-bond donors (Lipinski definition) is 2. The Morgan fingerprint density at radius 2 is 1.36 bits per heavy atom. The second-order valence-electron chi connectivity index (χ2n) is 1.02. The quantitative estimate of drug-likeness (QED) is 0.326. The summed E-state index contributed by atoms with van der Waals surface area (Å²) in [6.45, 7) is 0. The van der Waals surface area contributed by atoms with Gasteiger partial charge in [-0.05, 0) is 0 Å². The third-order valence-electron chi connectivity index (χ3n) is 0.206. The van der Waals surface area contributed by atoms with E-state index in [1.54, 1.807) is 0 Å². The van der Waals surface area contributed by atoms with Crippen molar-refractivity contribution in [1.82, 2.24) is 0 Å². The molecule has 0 aromatic rings. The predicted molar refractivity (Wildman–Crippen MR) is 20.7 cm³/mol. The zero-order valence-corrected chi connectivity index (χ0v) is 7.62.